The number of hydrogen-bond acceptors (Lipinski definition) is 2. The fourth-order valence-electron chi connectivity index (χ4n) is 1.63. The molecule has 0 saturated heterocycles. The van der Waals surface area contributed by atoms with Gasteiger partial charge in [-0.2, -0.15) is 0 Å². The van der Waals surface area contributed by atoms with Gasteiger partial charge < -0.3 is 10.3 Å². The van der Waals surface area contributed by atoms with Crippen LogP contribution in [0.15, 0.2) is 23.3 Å². The van der Waals surface area contributed by atoms with Crippen LogP contribution in [0.25, 0.3) is 0 Å². The van der Waals surface area contributed by atoms with Crippen LogP contribution in [0.2, 0.25) is 0 Å². The predicted molar refractivity (Wildman–Crippen MR) is 52.5 cm³/mol. The summed E-state index contributed by atoms with van der Waals surface area (Å²) in [5, 5.41) is 0. The van der Waals surface area contributed by atoms with Crippen molar-refractivity contribution in [1.82, 2.24) is 4.57 Å². The molecule has 1 aliphatic rings. The van der Waals surface area contributed by atoms with Gasteiger partial charge in [-0.25, -0.2) is 0 Å². The Kier molecular flexibility index (Phi) is 2.08. The molecule has 3 heteroatoms. The molecule has 0 atom stereocenters. The summed E-state index contributed by atoms with van der Waals surface area (Å²) in [4.78, 5) is 11.0. The van der Waals surface area contributed by atoms with Crippen molar-refractivity contribution in [2.75, 3.05) is 5.73 Å². The molecule has 70 valence electrons. The first kappa shape index (κ1) is 8.35. The molecule has 13 heavy (non-hydrogen) atoms. The number of pyridine rings is 1. The van der Waals surface area contributed by atoms with Gasteiger partial charge in [0, 0.05) is 25.0 Å². The second-order valence-electron chi connectivity index (χ2n) is 3.76. The molecule has 0 aliphatic heterocycles. The highest BCUT2D eigenvalue weighted by molar-refractivity contribution is 5.33. The smallest absolute Gasteiger partial charge is 0.204 e. The molecule has 2 N–H and O–H groups in total. The third kappa shape index (κ3) is 1.74. The Labute approximate surface area is 77.2 Å². The molecular formula is C10H14N2O. The van der Waals surface area contributed by atoms with E-state index >= 15 is 0 Å². The molecule has 0 amide bonds. The highest BCUT2D eigenvalue weighted by atomic mass is 16.1. The van der Waals surface area contributed by atoms with Gasteiger partial charge in [-0.05, 0) is 18.8 Å². The first-order valence-electron chi connectivity index (χ1n) is 4.71. The molecule has 0 spiro atoms. The molecular weight excluding hydrogens is 164 g/mol. The minimum absolute atomic E-state index is 0.0788. The second kappa shape index (κ2) is 3.24. The van der Waals surface area contributed by atoms with Crippen LogP contribution < -0.4 is 11.2 Å². The maximum atomic E-state index is 11.0. The van der Waals surface area contributed by atoms with Crippen LogP contribution in [0.5, 0.6) is 0 Å². The van der Waals surface area contributed by atoms with E-state index in [1.807, 2.05) is 10.8 Å². The van der Waals surface area contributed by atoms with Crippen molar-refractivity contribution in [3.8, 4) is 0 Å². The number of nitrogen functional groups attached to an aromatic ring is 1. The van der Waals surface area contributed by atoms with Crippen molar-refractivity contribution in [3.05, 3.63) is 28.7 Å². The molecule has 3 nitrogen and oxygen atoms in total. The lowest BCUT2D eigenvalue weighted by Gasteiger charge is -2.26. The van der Waals surface area contributed by atoms with Gasteiger partial charge in [0.25, 0.3) is 0 Å². The summed E-state index contributed by atoms with van der Waals surface area (Å²) in [6.45, 7) is 1.00. The lowest BCUT2D eigenvalue weighted by molar-refractivity contribution is 0.276. The van der Waals surface area contributed by atoms with Crippen LogP contribution in [0.3, 0.4) is 0 Å². The number of nitrogens with zero attached hydrogens (tertiary/aromatic N) is 1. The third-order valence-corrected chi connectivity index (χ3v) is 2.70. The number of anilines is 1. The Balaban J connectivity index is 2.11. The summed E-state index contributed by atoms with van der Waals surface area (Å²) >= 11 is 0. The zero-order valence-electron chi connectivity index (χ0n) is 7.57. The van der Waals surface area contributed by atoms with Crippen molar-refractivity contribution < 1.29 is 0 Å². The first-order valence-corrected chi connectivity index (χ1v) is 4.71. The predicted octanol–water partition coefficient (Wildman–Crippen LogP) is 1.23. The third-order valence-electron chi connectivity index (χ3n) is 2.70. The van der Waals surface area contributed by atoms with Crippen molar-refractivity contribution >= 4 is 5.69 Å². The van der Waals surface area contributed by atoms with Crippen LogP contribution in [0, 0.1) is 5.92 Å². The fraction of sp³-hybridized carbons (Fsp3) is 0.500. The summed E-state index contributed by atoms with van der Waals surface area (Å²) in [5.74, 6) is 0.793. The van der Waals surface area contributed by atoms with Crippen LogP contribution in [-0.2, 0) is 6.54 Å². The molecule has 1 fully saturated rings. The van der Waals surface area contributed by atoms with E-state index in [9.17, 15) is 4.79 Å². The minimum Gasteiger partial charge on any atom is -0.394 e. The topological polar surface area (TPSA) is 48.0 Å². The van der Waals surface area contributed by atoms with E-state index in [0.29, 0.717) is 5.69 Å². The van der Waals surface area contributed by atoms with Crippen molar-refractivity contribution in [2.24, 2.45) is 5.92 Å². The molecule has 1 heterocycles. The molecule has 1 aliphatic carbocycles. The first-order chi connectivity index (χ1) is 6.25. The Bertz CT molecular complexity index is 352. The Hall–Kier alpha value is -1.25. The van der Waals surface area contributed by atoms with Gasteiger partial charge in [0.05, 0.1) is 5.69 Å². The largest absolute Gasteiger partial charge is 0.394 e. The molecule has 1 aromatic rings. The number of rotatable bonds is 2. The Morgan fingerprint density at radius 3 is 2.85 bits per heavy atom. The zero-order chi connectivity index (χ0) is 9.26. The highest BCUT2D eigenvalue weighted by Gasteiger charge is 2.17. The van der Waals surface area contributed by atoms with E-state index < -0.39 is 0 Å². The van der Waals surface area contributed by atoms with Crippen LogP contribution in [0.4, 0.5) is 5.69 Å². The summed E-state index contributed by atoms with van der Waals surface area (Å²) in [6, 6.07) is 1.54. The average molecular weight is 178 g/mol. The molecule has 2 rings (SSSR count). The lowest BCUT2D eigenvalue weighted by atomic mass is 9.85. The molecule has 0 unspecified atom stereocenters. The van der Waals surface area contributed by atoms with Crippen molar-refractivity contribution in [2.45, 2.75) is 25.8 Å². The van der Waals surface area contributed by atoms with Gasteiger partial charge in [-0.3, -0.25) is 4.79 Å². The maximum absolute atomic E-state index is 11.0. The van der Waals surface area contributed by atoms with Crippen molar-refractivity contribution in [1.29, 1.82) is 0 Å². The summed E-state index contributed by atoms with van der Waals surface area (Å²) in [5.41, 5.74) is 5.79. The normalized spacial score (nSPS) is 16.9. The molecule has 0 aromatic carbocycles. The lowest BCUT2D eigenvalue weighted by Crippen LogP contribution is -2.19. The fourth-order valence-corrected chi connectivity index (χ4v) is 1.63. The quantitative estimate of drug-likeness (QED) is 0.740. The van der Waals surface area contributed by atoms with Gasteiger partial charge in [-0.1, -0.05) is 6.42 Å². The van der Waals surface area contributed by atoms with E-state index in [0.717, 1.165) is 12.5 Å². The number of nitrogens with two attached hydrogens (primary N) is 1. The van der Waals surface area contributed by atoms with Crippen molar-refractivity contribution in [3.63, 3.8) is 0 Å². The summed E-state index contributed by atoms with van der Waals surface area (Å²) in [6.07, 6.45) is 7.52. The number of aromatic nitrogens is 1. The molecule has 1 aromatic heterocycles. The van der Waals surface area contributed by atoms with Gasteiger partial charge >= 0.3 is 0 Å². The van der Waals surface area contributed by atoms with E-state index in [1.165, 1.54) is 25.3 Å². The molecule has 0 radical (unpaired) electrons. The van der Waals surface area contributed by atoms with Gasteiger partial charge in [0.1, 0.15) is 0 Å². The monoisotopic (exact) mass is 178 g/mol. The van der Waals surface area contributed by atoms with E-state index in [1.54, 1.807) is 6.20 Å². The van der Waals surface area contributed by atoms with Crippen LogP contribution >= 0.6 is 0 Å². The van der Waals surface area contributed by atoms with E-state index in [2.05, 4.69) is 0 Å². The highest BCUT2D eigenvalue weighted by Crippen LogP contribution is 2.27. The van der Waals surface area contributed by atoms with E-state index in [4.69, 9.17) is 5.73 Å². The zero-order valence-corrected chi connectivity index (χ0v) is 7.57. The van der Waals surface area contributed by atoms with Crippen LogP contribution in [0.1, 0.15) is 19.3 Å². The van der Waals surface area contributed by atoms with Gasteiger partial charge in [-0.15, -0.1) is 0 Å². The van der Waals surface area contributed by atoms with Gasteiger partial charge in [0.15, 0.2) is 0 Å². The van der Waals surface area contributed by atoms with E-state index in [-0.39, 0.29) is 5.43 Å². The second-order valence-corrected chi connectivity index (χ2v) is 3.76. The molecule has 1 saturated carbocycles. The maximum Gasteiger partial charge on any atom is 0.204 e. The average Bonchev–Trinajstić information content (AvgIpc) is 2.04. The Morgan fingerprint density at radius 2 is 2.31 bits per heavy atom. The number of hydrogen-bond donors (Lipinski definition) is 1. The minimum atomic E-state index is -0.0788. The van der Waals surface area contributed by atoms with Crippen LogP contribution in [-0.4, -0.2) is 4.57 Å². The Morgan fingerprint density at radius 1 is 1.54 bits per heavy atom. The summed E-state index contributed by atoms with van der Waals surface area (Å²) in [7, 11) is 0. The standard InChI is InChI=1S/C10H14N2O/c11-9-7-12(5-4-10(9)13)6-8-2-1-3-8/h4-5,7-8H,1-3,6,11H2. The molecule has 0 bridgehead atoms. The summed E-state index contributed by atoms with van der Waals surface area (Å²) < 4.78 is 2.01. The van der Waals surface area contributed by atoms with Gasteiger partial charge in [0.2, 0.25) is 5.43 Å². The SMILES string of the molecule is Nc1cn(CC2CCC2)ccc1=O.